The van der Waals surface area contributed by atoms with Gasteiger partial charge in [0, 0.05) is 24.5 Å². The molecule has 0 saturated heterocycles. The van der Waals surface area contributed by atoms with E-state index in [9.17, 15) is 0 Å². The Bertz CT molecular complexity index is 134. The fourth-order valence-electron chi connectivity index (χ4n) is 1.22. The summed E-state index contributed by atoms with van der Waals surface area (Å²) < 4.78 is 0. The van der Waals surface area contributed by atoms with Crippen LogP contribution in [-0.2, 0) is 0 Å². The van der Waals surface area contributed by atoms with Crippen LogP contribution in [0, 0.1) is 11.3 Å². The molecule has 0 saturated carbocycles. The molecule has 4 nitrogen and oxygen atoms in total. The van der Waals surface area contributed by atoms with Gasteiger partial charge in [-0.1, -0.05) is 33.6 Å². The van der Waals surface area contributed by atoms with Crippen LogP contribution in [-0.4, -0.2) is 46.9 Å². The third-order valence-corrected chi connectivity index (χ3v) is 3.10. The molecule has 0 aromatic heterocycles. The predicted molar refractivity (Wildman–Crippen MR) is 69.8 cm³/mol. The van der Waals surface area contributed by atoms with Crippen molar-refractivity contribution >= 4 is 0 Å². The summed E-state index contributed by atoms with van der Waals surface area (Å²) in [5.41, 5.74) is -0.212. The molecule has 0 rings (SSSR count). The summed E-state index contributed by atoms with van der Waals surface area (Å²) in [4.78, 5) is 0. The minimum Gasteiger partial charge on any atom is -0.396 e. The first-order valence-electron chi connectivity index (χ1n) is 6.49. The van der Waals surface area contributed by atoms with Crippen molar-refractivity contribution in [1.29, 1.82) is 0 Å². The summed E-state index contributed by atoms with van der Waals surface area (Å²) in [6.07, 6.45) is 4.02. The summed E-state index contributed by atoms with van der Waals surface area (Å²) in [6, 6.07) is 0. The molecule has 0 atom stereocenters. The predicted octanol–water partition coefficient (Wildman–Crippen LogP) is 1.16. The van der Waals surface area contributed by atoms with E-state index < -0.39 is 0 Å². The van der Waals surface area contributed by atoms with Crippen molar-refractivity contribution in [3.63, 3.8) is 0 Å². The van der Waals surface area contributed by atoms with E-state index in [1.807, 2.05) is 6.92 Å². The van der Waals surface area contributed by atoms with Crippen molar-refractivity contribution in [2.24, 2.45) is 11.3 Å². The third-order valence-electron chi connectivity index (χ3n) is 3.10. The van der Waals surface area contributed by atoms with Crippen LogP contribution in [0.5, 0.6) is 0 Å². The lowest BCUT2D eigenvalue weighted by Gasteiger charge is -2.27. The molecule has 106 valence electrons. The Morgan fingerprint density at radius 3 is 1.59 bits per heavy atom. The van der Waals surface area contributed by atoms with Gasteiger partial charge >= 0.3 is 0 Å². The number of unbranched alkanes of at least 4 members (excludes halogenated alkanes) is 1. The number of aliphatic hydroxyl groups excluding tert-OH is 4. The van der Waals surface area contributed by atoms with Gasteiger partial charge in [-0.25, -0.2) is 0 Å². The van der Waals surface area contributed by atoms with Crippen LogP contribution < -0.4 is 0 Å². The highest BCUT2D eigenvalue weighted by Crippen LogP contribution is 2.27. The molecule has 0 aliphatic carbocycles. The van der Waals surface area contributed by atoms with Gasteiger partial charge in [0.05, 0.1) is 13.2 Å². The van der Waals surface area contributed by atoms with Gasteiger partial charge in [0.25, 0.3) is 0 Å². The highest BCUT2D eigenvalue weighted by Gasteiger charge is 2.25. The molecular formula is C13H30O4. The minimum atomic E-state index is -0.212. The van der Waals surface area contributed by atoms with Crippen LogP contribution in [0.1, 0.15) is 46.5 Å². The Hall–Kier alpha value is -0.160. The lowest BCUT2D eigenvalue weighted by Crippen LogP contribution is -2.28. The largest absolute Gasteiger partial charge is 0.396 e. The second kappa shape index (κ2) is 12.3. The monoisotopic (exact) mass is 250 g/mol. The average Bonchev–Trinajstić information content (AvgIpc) is 2.41. The van der Waals surface area contributed by atoms with Crippen molar-refractivity contribution in [2.45, 2.75) is 46.5 Å². The van der Waals surface area contributed by atoms with E-state index in [0.29, 0.717) is 0 Å². The van der Waals surface area contributed by atoms with E-state index in [1.165, 1.54) is 0 Å². The lowest BCUT2D eigenvalue weighted by atomic mass is 9.82. The summed E-state index contributed by atoms with van der Waals surface area (Å²) >= 11 is 0. The van der Waals surface area contributed by atoms with Gasteiger partial charge in [0.1, 0.15) is 0 Å². The molecule has 0 fully saturated rings. The summed E-state index contributed by atoms with van der Waals surface area (Å²) in [5.74, 6) is 0.0463. The topological polar surface area (TPSA) is 80.9 Å². The van der Waals surface area contributed by atoms with Crippen molar-refractivity contribution in [3.8, 4) is 0 Å². The van der Waals surface area contributed by atoms with Crippen LogP contribution in [0.2, 0.25) is 0 Å². The maximum Gasteiger partial charge on any atom is 0.0509 e. The molecular weight excluding hydrogens is 220 g/mol. The van der Waals surface area contributed by atoms with E-state index in [-0.39, 0.29) is 37.8 Å². The zero-order valence-electron chi connectivity index (χ0n) is 11.5. The highest BCUT2D eigenvalue weighted by molar-refractivity contribution is 4.75. The van der Waals surface area contributed by atoms with Crippen LogP contribution in [0.3, 0.4) is 0 Å². The Morgan fingerprint density at radius 1 is 0.941 bits per heavy atom. The van der Waals surface area contributed by atoms with Gasteiger partial charge in [-0.15, -0.1) is 0 Å². The van der Waals surface area contributed by atoms with Crippen LogP contribution in [0.4, 0.5) is 0 Å². The smallest absolute Gasteiger partial charge is 0.0509 e. The molecule has 0 unspecified atom stereocenters. The van der Waals surface area contributed by atoms with E-state index in [0.717, 1.165) is 25.7 Å². The molecule has 0 amide bonds. The Labute approximate surface area is 105 Å². The molecule has 4 heteroatoms. The van der Waals surface area contributed by atoms with Gasteiger partial charge < -0.3 is 20.4 Å². The standard InChI is InChI=1S/C9H20O2.C4H10O2/c1-3-5-6-9(4-2,7-10)8-11;1-4(2-5)3-6/h10-11H,3-8H2,1-2H3;4-6H,2-3H2,1H3. The van der Waals surface area contributed by atoms with Gasteiger partial charge in [-0.3, -0.25) is 0 Å². The molecule has 0 radical (unpaired) electrons. The number of rotatable bonds is 8. The molecule has 0 spiro atoms. The van der Waals surface area contributed by atoms with E-state index >= 15 is 0 Å². The molecule has 4 N–H and O–H groups in total. The maximum atomic E-state index is 9.04. The SMILES string of the molecule is CC(CO)CO.CCCCC(CC)(CO)CO. The van der Waals surface area contributed by atoms with E-state index in [2.05, 4.69) is 6.92 Å². The second-order valence-corrected chi connectivity index (χ2v) is 4.74. The Kier molecular flexibility index (Phi) is 13.9. The van der Waals surface area contributed by atoms with Crippen molar-refractivity contribution in [1.82, 2.24) is 0 Å². The summed E-state index contributed by atoms with van der Waals surface area (Å²) in [7, 11) is 0. The molecule has 0 aliphatic rings. The normalized spacial score (nSPS) is 11.3. The van der Waals surface area contributed by atoms with Crippen molar-refractivity contribution < 1.29 is 20.4 Å². The highest BCUT2D eigenvalue weighted by atomic mass is 16.3. The van der Waals surface area contributed by atoms with Crippen molar-refractivity contribution in [3.05, 3.63) is 0 Å². The fraction of sp³-hybridized carbons (Fsp3) is 1.00. The number of hydrogen-bond donors (Lipinski definition) is 4. The first-order valence-corrected chi connectivity index (χ1v) is 6.49. The fourth-order valence-corrected chi connectivity index (χ4v) is 1.22. The maximum absolute atomic E-state index is 9.04. The van der Waals surface area contributed by atoms with E-state index in [1.54, 1.807) is 6.92 Å². The summed E-state index contributed by atoms with van der Waals surface area (Å²) in [5, 5.41) is 34.4. The lowest BCUT2D eigenvalue weighted by molar-refractivity contribution is 0.0420. The van der Waals surface area contributed by atoms with E-state index in [4.69, 9.17) is 20.4 Å². The molecule has 17 heavy (non-hydrogen) atoms. The quantitative estimate of drug-likeness (QED) is 0.521. The third kappa shape index (κ3) is 9.53. The average molecular weight is 250 g/mol. The van der Waals surface area contributed by atoms with Gasteiger partial charge in [-0.05, 0) is 12.8 Å². The van der Waals surface area contributed by atoms with Crippen LogP contribution in [0.25, 0.3) is 0 Å². The van der Waals surface area contributed by atoms with Gasteiger partial charge in [0.2, 0.25) is 0 Å². The molecule has 0 bridgehead atoms. The first-order chi connectivity index (χ1) is 8.05. The van der Waals surface area contributed by atoms with Crippen molar-refractivity contribution in [2.75, 3.05) is 26.4 Å². The molecule has 0 aliphatic heterocycles. The molecule has 0 aromatic carbocycles. The van der Waals surface area contributed by atoms with Crippen LogP contribution in [0.15, 0.2) is 0 Å². The Morgan fingerprint density at radius 2 is 1.41 bits per heavy atom. The Balaban J connectivity index is 0. The molecule has 0 aromatic rings. The summed E-state index contributed by atoms with van der Waals surface area (Å²) in [6.45, 7) is 6.30. The second-order valence-electron chi connectivity index (χ2n) is 4.74. The zero-order valence-corrected chi connectivity index (χ0v) is 11.5. The molecule has 0 heterocycles. The number of hydrogen-bond acceptors (Lipinski definition) is 4. The number of aliphatic hydroxyl groups is 4. The van der Waals surface area contributed by atoms with Gasteiger partial charge in [0.15, 0.2) is 0 Å². The first kappa shape index (κ1) is 19.2. The van der Waals surface area contributed by atoms with Crippen LogP contribution >= 0.6 is 0 Å². The zero-order chi connectivity index (χ0) is 13.7. The van der Waals surface area contributed by atoms with Gasteiger partial charge in [-0.2, -0.15) is 0 Å². The minimum absolute atomic E-state index is 0.0463.